The van der Waals surface area contributed by atoms with Crippen LogP contribution in [0.2, 0.25) is 5.02 Å². The Morgan fingerprint density at radius 3 is 2.57 bits per heavy atom. The average molecular weight is 336 g/mol. The van der Waals surface area contributed by atoms with Crippen LogP contribution >= 0.6 is 11.6 Å². The van der Waals surface area contributed by atoms with Gasteiger partial charge in [-0.1, -0.05) is 30.9 Å². The normalized spacial score (nSPS) is 18.6. The first-order valence-corrected chi connectivity index (χ1v) is 8.80. The number of hydrogen-bond donors (Lipinski definition) is 2. The lowest BCUT2D eigenvalue weighted by Gasteiger charge is -2.35. The van der Waals surface area contributed by atoms with Crippen LogP contribution in [0, 0.1) is 11.2 Å². The summed E-state index contributed by atoms with van der Waals surface area (Å²) in [5.74, 6) is -0.658. The van der Waals surface area contributed by atoms with Crippen LogP contribution in [0.5, 0.6) is 0 Å². The van der Waals surface area contributed by atoms with Gasteiger partial charge in [0.1, 0.15) is 10.7 Å². The first-order valence-electron chi connectivity index (χ1n) is 6.94. The van der Waals surface area contributed by atoms with Crippen LogP contribution in [0.3, 0.4) is 0 Å². The van der Waals surface area contributed by atoms with Gasteiger partial charge in [0.05, 0.1) is 5.02 Å². The largest absolute Gasteiger partial charge is 0.396 e. The fraction of sp³-hybridized carbons (Fsp3) is 0.571. The van der Waals surface area contributed by atoms with Crippen LogP contribution in [0.4, 0.5) is 4.39 Å². The Morgan fingerprint density at radius 1 is 1.29 bits per heavy atom. The molecule has 0 aliphatic heterocycles. The minimum atomic E-state index is -3.89. The lowest BCUT2D eigenvalue weighted by Crippen LogP contribution is -2.41. The van der Waals surface area contributed by atoms with E-state index in [0.29, 0.717) is 0 Å². The van der Waals surface area contributed by atoms with E-state index in [2.05, 4.69) is 4.72 Å². The van der Waals surface area contributed by atoms with Crippen molar-refractivity contribution in [3.63, 3.8) is 0 Å². The van der Waals surface area contributed by atoms with E-state index in [0.717, 1.165) is 44.2 Å². The highest BCUT2D eigenvalue weighted by atomic mass is 35.5. The van der Waals surface area contributed by atoms with E-state index in [1.165, 1.54) is 6.07 Å². The van der Waals surface area contributed by atoms with Crippen molar-refractivity contribution < 1.29 is 17.9 Å². The molecule has 21 heavy (non-hydrogen) atoms. The molecule has 0 amide bonds. The molecule has 0 bridgehead atoms. The maximum absolute atomic E-state index is 13.2. The highest BCUT2D eigenvalue weighted by Crippen LogP contribution is 2.35. The second-order valence-corrected chi connectivity index (χ2v) is 7.76. The monoisotopic (exact) mass is 335 g/mol. The molecule has 2 N–H and O–H groups in total. The van der Waals surface area contributed by atoms with E-state index >= 15 is 0 Å². The molecule has 118 valence electrons. The van der Waals surface area contributed by atoms with Gasteiger partial charge in [-0.05, 0) is 31.0 Å². The molecule has 0 saturated heterocycles. The Balaban J connectivity index is 2.15. The summed E-state index contributed by atoms with van der Waals surface area (Å²) in [7, 11) is -3.89. The van der Waals surface area contributed by atoms with Crippen LogP contribution in [0.1, 0.15) is 32.1 Å². The summed E-state index contributed by atoms with van der Waals surface area (Å²) < 4.78 is 40.2. The lowest BCUT2D eigenvalue weighted by molar-refractivity contribution is 0.0867. The van der Waals surface area contributed by atoms with E-state index < -0.39 is 21.3 Å². The average Bonchev–Trinajstić information content (AvgIpc) is 2.49. The van der Waals surface area contributed by atoms with Crippen LogP contribution in [-0.4, -0.2) is 26.7 Å². The van der Waals surface area contributed by atoms with Crippen molar-refractivity contribution in [1.82, 2.24) is 4.72 Å². The number of halogens is 2. The van der Waals surface area contributed by atoms with Gasteiger partial charge in [-0.3, -0.25) is 0 Å². The SMILES string of the molecule is O=S(=O)(NCC1(CO)CCCCC1)c1cc(F)ccc1Cl. The van der Waals surface area contributed by atoms with Gasteiger partial charge >= 0.3 is 0 Å². The molecule has 0 atom stereocenters. The second kappa shape index (κ2) is 6.60. The highest BCUT2D eigenvalue weighted by Gasteiger charge is 2.33. The van der Waals surface area contributed by atoms with Gasteiger partial charge in [0, 0.05) is 18.6 Å². The third-order valence-electron chi connectivity index (χ3n) is 4.07. The van der Waals surface area contributed by atoms with Crippen molar-refractivity contribution in [1.29, 1.82) is 0 Å². The van der Waals surface area contributed by atoms with Crippen molar-refractivity contribution in [3.05, 3.63) is 29.0 Å². The van der Waals surface area contributed by atoms with E-state index in [1.54, 1.807) is 0 Å². The van der Waals surface area contributed by atoms with Gasteiger partial charge in [0.25, 0.3) is 0 Å². The van der Waals surface area contributed by atoms with Gasteiger partial charge in [-0.15, -0.1) is 0 Å². The molecule has 4 nitrogen and oxygen atoms in total. The molecule has 1 aliphatic carbocycles. The molecule has 0 aromatic heterocycles. The summed E-state index contributed by atoms with van der Waals surface area (Å²) in [5, 5.41) is 9.56. The van der Waals surface area contributed by atoms with Crippen LogP contribution in [0.25, 0.3) is 0 Å². The third-order valence-corrected chi connectivity index (χ3v) is 5.95. The van der Waals surface area contributed by atoms with Gasteiger partial charge in [-0.2, -0.15) is 0 Å². The van der Waals surface area contributed by atoms with Crippen LogP contribution in [-0.2, 0) is 10.0 Å². The number of aliphatic hydroxyl groups is 1. The number of nitrogens with one attached hydrogen (secondary N) is 1. The quantitative estimate of drug-likeness (QED) is 0.869. The fourth-order valence-corrected chi connectivity index (χ4v) is 4.37. The molecule has 2 rings (SSSR count). The van der Waals surface area contributed by atoms with Crippen LogP contribution < -0.4 is 4.72 Å². The first kappa shape index (κ1) is 16.7. The number of aliphatic hydroxyl groups excluding tert-OH is 1. The molecular weight excluding hydrogens is 317 g/mol. The maximum Gasteiger partial charge on any atom is 0.242 e. The Bertz CT molecular complexity index is 600. The fourth-order valence-electron chi connectivity index (χ4n) is 2.70. The number of sulfonamides is 1. The van der Waals surface area contributed by atoms with Gasteiger partial charge in [0.2, 0.25) is 10.0 Å². The molecule has 0 heterocycles. The molecule has 1 aliphatic rings. The van der Waals surface area contributed by atoms with Crippen molar-refractivity contribution >= 4 is 21.6 Å². The number of rotatable bonds is 5. The van der Waals surface area contributed by atoms with Crippen molar-refractivity contribution in [2.45, 2.75) is 37.0 Å². The van der Waals surface area contributed by atoms with Gasteiger partial charge in [0.15, 0.2) is 0 Å². The minimum Gasteiger partial charge on any atom is -0.396 e. The summed E-state index contributed by atoms with van der Waals surface area (Å²) >= 11 is 5.84. The molecule has 0 unspecified atom stereocenters. The van der Waals surface area contributed by atoms with Gasteiger partial charge in [-0.25, -0.2) is 17.5 Å². The highest BCUT2D eigenvalue weighted by molar-refractivity contribution is 7.89. The first-order chi connectivity index (χ1) is 9.88. The van der Waals surface area contributed by atoms with Crippen molar-refractivity contribution in [2.75, 3.05) is 13.2 Å². The molecule has 1 fully saturated rings. The smallest absolute Gasteiger partial charge is 0.242 e. The third kappa shape index (κ3) is 3.94. The summed E-state index contributed by atoms with van der Waals surface area (Å²) in [6, 6.07) is 3.22. The second-order valence-electron chi connectivity index (χ2n) is 5.62. The van der Waals surface area contributed by atoms with Crippen molar-refractivity contribution in [2.24, 2.45) is 5.41 Å². The molecule has 7 heteroatoms. The Hall–Kier alpha value is -0.690. The molecule has 0 radical (unpaired) electrons. The van der Waals surface area contributed by atoms with E-state index in [4.69, 9.17) is 11.6 Å². The standard InChI is InChI=1S/C14H19ClFNO3S/c15-12-5-4-11(16)8-13(12)21(19,20)17-9-14(10-18)6-2-1-3-7-14/h4-5,8,17-18H,1-3,6-7,9-10H2. The van der Waals surface area contributed by atoms with E-state index in [9.17, 15) is 17.9 Å². The minimum absolute atomic E-state index is 0.0226. The zero-order valence-corrected chi connectivity index (χ0v) is 13.2. The number of benzene rings is 1. The van der Waals surface area contributed by atoms with E-state index in [-0.39, 0.29) is 23.1 Å². The predicted molar refractivity (Wildman–Crippen MR) is 79.2 cm³/mol. The summed E-state index contributed by atoms with van der Waals surface area (Å²) in [4.78, 5) is -0.270. The summed E-state index contributed by atoms with van der Waals surface area (Å²) in [5.41, 5.74) is -0.425. The Labute approximate surface area is 129 Å². The van der Waals surface area contributed by atoms with E-state index in [1.807, 2.05) is 0 Å². The molecule has 0 spiro atoms. The Morgan fingerprint density at radius 2 is 1.95 bits per heavy atom. The lowest BCUT2D eigenvalue weighted by atomic mass is 9.75. The van der Waals surface area contributed by atoms with Gasteiger partial charge < -0.3 is 5.11 Å². The molecular formula is C14H19ClFNO3S. The maximum atomic E-state index is 13.2. The molecule has 1 aromatic carbocycles. The zero-order chi connectivity index (χ0) is 15.5. The van der Waals surface area contributed by atoms with Crippen LogP contribution in [0.15, 0.2) is 23.1 Å². The zero-order valence-electron chi connectivity index (χ0n) is 11.6. The Kier molecular flexibility index (Phi) is 5.24. The number of hydrogen-bond acceptors (Lipinski definition) is 3. The molecule has 1 aromatic rings. The predicted octanol–water partition coefficient (Wildman–Crippen LogP) is 2.70. The summed E-state index contributed by atoms with van der Waals surface area (Å²) in [6.45, 7) is 0.0745. The summed E-state index contributed by atoms with van der Waals surface area (Å²) in [6.07, 6.45) is 4.61. The van der Waals surface area contributed by atoms with Crippen molar-refractivity contribution in [3.8, 4) is 0 Å². The molecule has 1 saturated carbocycles. The topological polar surface area (TPSA) is 66.4 Å².